The first-order valence-corrected chi connectivity index (χ1v) is 13.9. The van der Waals surface area contributed by atoms with Crippen molar-refractivity contribution in [2.75, 3.05) is 14.1 Å². The predicted octanol–water partition coefficient (Wildman–Crippen LogP) is 9.56. The third-order valence-electron chi connectivity index (χ3n) is 6.97. The molecule has 0 aliphatic carbocycles. The number of halogens is 6. The molecule has 0 N–H and O–H groups in total. The molecule has 1 fully saturated rings. The monoisotopic (exact) mass is 568 g/mol. The minimum absolute atomic E-state index is 0.274. The van der Waals surface area contributed by atoms with Gasteiger partial charge in [0, 0.05) is 0 Å². The molecule has 1 aliphatic rings. The Morgan fingerprint density at radius 2 is 1.23 bits per heavy atom. The summed E-state index contributed by atoms with van der Waals surface area (Å²) in [7, 11) is 1.99. The van der Waals surface area contributed by atoms with Crippen LogP contribution in [-0.2, 0) is 16.9 Å². The van der Waals surface area contributed by atoms with Crippen LogP contribution >= 0.6 is 8.45 Å². The van der Waals surface area contributed by atoms with Crippen molar-refractivity contribution in [1.82, 2.24) is 9.34 Å². The quantitative estimate of drug-likeness (QED) is 0.199. The smallest absolute Gasteiger partial charge is 0.323 e. The predicted molar refractivity (Wildman–Crippen MR) is 141 cm³/mol. The summed E-state index contributed by atoms with van der Waals surface area (Å²) in [5.74, 6) is 0. The van der Waals surface area contributed by atoms with E-state index in [-0.39, 0.29) is 6.10 Å². The van der Waals surface area contributed by atoms with Crippen molar-refractivity contribution in [3.05, 3.63) is 107 Å². The fraction of sp³-hybridized carbons (Fsp3) is 0.379. The van der Waals surface area contributed by atoms with Gasteiger partial charge in [-0.15, -0.1) is 0 Å². The summed E-state index contributed by atoms with van der Waals surface area (Å²) >= 11 is 0. The molecule has 0 amide bonds. The fourth-order valence-corrected chi connectivity index (χ4v) is 7.18. The Balaban J connectivity index is 1.78. The standard InChI is InChI=1S/C29H31F6N2OP/c1-4-5-17-25(20-11-7-6-8-12-20)38-39-36(2)26(21-13-9-15-23(18-21)28(30,31)32)27(37(39)3)22-14-10-16-24(19-22)29(33,34)35/h6-16,18-19,25-27H,4-5,17H2,1-3H3/t25-,26+,27+/m1/s1. The van der Waals surface area contributed by atoms with Crippen molar-refractivity contribution < 1.29 is 30.9 Å². The van der Waals surface area contributed by atoms with Gasteiger partial charge in [-0.05, 0) is 61.5 Å². The van der Waals surface area contributed by atoms with Crippen LogP contribution < -0.4 is 0 Å². The summed E-state index contributed by atoms with van der Waals surface area (Å²) in [4.78, 5) is 0. The summed E-state index contributed by atoms with van der Waals surface area (Å²) < 4.78 is 92.1. The number of rotatable bonds is 8. The zero-order chi connectivity index (χ0) is 28.4. The lowest BCUT2D eigenvalue weighted by atomic mass is 9.91. The van der Waals surface area contributed by atoms with E-state index in [0.29, 0.717) is 11.1 Å². The maximum Gasteiger partial charge on any atom is 0.416 e. The van der Waals surface area contributed by atoms with Gasteiger partial charge in [0.25, 0.3) is 0 Å². The molecule has 3 atom stereocenters. The first-order chi connectivity index (χ1) is 18.4. The Labute approximate surface area is 226 Å². The molecule has 3 aromatic rings. The van der Waals surface area contributed by atoms with Gasteiger partial charge in [-0.3, -0.25) is 0 Å². The molecule has 0 saturated carbocycles. The Bertz CT molecular complexity index is 1170. The van der Waals surface area contributed by atoms with E-state index in [0.717, 1.165) is 49.1 Å². The average Bonchev–Trinajstić information content (AvgIpc) is 3.15. The fourth-order valence-electron chi connectivity index (χ4n) is 5.04. The number of alkyl halides is 6. The molecule has 0 bridgehead atoms. The zero-order valence-electron chi connectivity index (χ0n) is 21.9. The highest BCUT2D eigenvalue weighted by atomic mass is 31.2. The lowest BCUT2D eigenvalue weighted by Gasteiger charge is -2.30. The number of likely N-dealkylation sites (N-methyl/N-ethyl adjacent to an activating group) is 2. The summed E-state index contributed by atoms with van der Waals surface area (Å²) in [5, 5.41) is 0. The third-order valence-corrected chi connectivity index (χ3v) is 8.99. The molecule has 1 saturated heterocycles. The number of unbranched alkanes of at least 4 members (excludes halogenated alkanes) is 1. The summed E-state index contributed by atoms with van der Waals surface area (Å²) in [6, 6.07) is 18.4. The Hall–Kier alpha value is -2.45. The zero-order valence-corrected chi connectivity index (χ0v) is 22.8. The van der Waals surface area contributed by atoms with Crippen LogP contribution in [0.25, 0.3) is 0 Å². The second-order valence-electron chi connectivity index (χ2n) is 9.68. The lowest BCUT2D eigenvalue weighted by Crippen LogP contribution is -2.22. The molecule has 1 aliphatic heterocycles. The topological polar surface area (TPSA) is 15.7 Å². The van der Waals surface area contributed by atoms with Crippen LogP contribution in [0.2, 0.25) is 0 Å². The molecule has 4 rings (SSSR count). The highest BCUT2D eigenvalue weighted by molar-refractivity contribution is 7.47. The average molecular weight is 569 g/mol. The van der Waals surface area contributed by atoms with Gasteiger partial charge in [0.1, 0.15) is 0 Å². The second-order valence-corrected chi connectivity index (χ2v) is 11.7. The summed E-state index contributed by atoms with van der Waals surface area (Å²) in [6.07, 6.45) is -6.77. The number of nitrogens with zero attached hydrogens (tertiary/aromatic N) is 2. The van der Waals surface area contributed by atoms with Crippen LogP contribution in [0, 0.1) is 0 Å². The molecule has 0 radical (unpaired) electrons. The SMILES string of the molecule is CCCC[C@@H](OP1N(C)[C@@H](c2cccc(C(F)(F)F)c2)[C@H](c2cccc(C(F)(F)F)c2)N1C)c1ccccc1. The molecule has 39 heavy (non-hydrogen) atoms. The van der Waals surface area contributed by atoms with E-state index in [2.05, 4.69) is 6.92 Å². The third kappa shape index (κ3) is 6.65. The van der Waals surface area contributed by atoms with Crippen LogP contribution in [0.5, 0.6) is 0 Å². The lowest BCUT2D eigenvalue weighted by molar-refractivity contribution is -0.138. The maximum absolute atomic E-state index is 13.6. The van der Waals surface area contributed by atoms with Crippen LogP contribution in [-0.4, -0.2) is 23.4 Å². The Morgan fingerprint density at radius 3 is 1.67 bits per heavy atom. The minimum atomic E-state index is -4.55. The van der Waals surface area contributed by atoms with Gasteiger partial charge in [0.05, 0.1) is 29.3 Å². The van der Waals surface area contributed by atoms with Gasteiger partial charge in [0.15, 0.2) is 8.45 Å². The van der Waals surface area contributed by atoms with E-state index in [1.165, 1.54) is 12.1 Å². The molecule has 0 unspecified atom stereocenters. The molecule has 1 heterocycles. The van der Waals surface area contributed by atoms with E-state index in [4.69, 9.17) is 4.52 Å². The maximum atomic E-state index is 13.6. The molecule has 0 aromatic heterocycles. The van der Waals surface area contributed by atoms with E-state index in [1.54, 1.807) is 26.2 Å². The van der Waals surface area contributed by atoms with Gasteiger partial charge in [-0.25, -0.2) is 9.34 Å². The molecule has 3 aromatic carbocycles. The molecule has 3 nitrogen and oxygen atoms in total. The van der Waals surface area contributed by atoms with Gasteiger partial charge in [0.2, 0.25) is 0 Å². The van der Waals surface area contributed by atoms with Gasteiger partial charge in [-0.1, -0.05) is 74.4 Å². The van der Waals surface area contributed by atoms with E-state index >= 15 is 0 Å². The van der Waals surface area contributed by atoms with Gasteiger partial charge < -0.3 is 4.52 Å². The van der Waals surface area contributed by atoms with E-state index in [1.807, 2.05) is 39.7 Å². The van der Waals surface area contributed by atoms with Crippen molar-refractivity contribution >= 4 is 8.45 Å². The van der Waals surface area contributed by atoms with Crippen molar-refractivity contribution in [3.63, 3.8) is 0 Å². The summed E-state index contributed by atoms with van der Waals surface area (Å²) in [6.45, 7) is 2.08. The highest BCUT2D eigenvalue weighted by Gasteiger charge is 2.48. The second kappa shape index (κ2) is 12.0. The number of hydrogen-bond acceptors (Lipinski definition) is 3. The van der Waals surface area contributed by atoms with Crippen molar-refractivity contribution in [3.8, 4) is 0 Å². The highest BCUT2D eigenvalue weighted by Crippen LogP contribution is 2.65. The van der Waals surface area contributed by atoms with Crippen molar-refractivity contribution in [2.24, 2.45) is 0 Å². The largest absolute Gasteiger partial charge is 0.416 e. The Morgan fingerprint density at radius 1 is 0.744 bits per heavy atom. The van der Waals surface area contributed by atoms with E-state index in [9.17, 15) is 26.3 Å². The Kier molecular flexibility index (Phi) is 9.06. The number of hydrogen-bond donors (Lipinski definition) is 0. The first-order valence-electron chi connectivity index (χ1n) is 12.7. The molecule has 0 spiro atoms. The molecular weight excluding hydrogens is 537 g/mol. The van der Waals surface area contributed by atoms with Crippen LogP contribution in [0.1, 0.15) is 72.2 Å². The first kappa shape index (κ1) is 29.5. The van der Waals surface area contributed by atoms with Crippen LogP contribution in [0.3, 0.4) is 0 Å². The van der Waals surface area contributed by atoms with Gasteiger partial charge >= 0.3 is 12.4 Å². The normalized spacial score (nSPS) is 20.4. The van der Waals surface area contributed by atoms with Crippen molar-refractivity contribution in [1.29, 1.82) is 0 Å². The minimum Gasteiger partial charge on any atom is -0.323 e. The number of benzene rings is 3. The molecular formula is C29H31F6N2OP. The van der Waals surface area contributed by atoms with Crippen molar-refractivity contribution in [2.45, 2.75) is 56.7 Å². The molecule has 10 heteroatoms. The van der Waals surface area contributed by atoms with Gasteiger partial charge in [-0.2, -0.15) is 26.3 Å². The van der Waals surface area contributed by atoms with Crippen LogP contribution in [0.15, 0.2) is 78.9 Å². The summed E-state index contributed by atoms with van der Waals surface area (Å²) in [5.41, 5.74) is 0.0931. The molecule has 210 valence electrons. The van der Waals surface area contributed by atoms with E-state index < -0.39 is 44.0 Å². The van der Waals surface area contributed by atoms with Crippen LogP contribution in [0.4, 0.5) is 26.3 Å².